The Bertz CT molecular complexity index is 567. The zero-order valence-electron chi connectivity index (χ0n) is 15.1. The van der Waals surface area contributed by atoms with Crippen LogP contribution < -0.4 is 10.3 Å². The number of carbonyl (C=O) groups is 1. The molecule has 1 aliphatic heterocycles. The van der Waals surface area contributed by atoms with Crippen molar-refractivity contribution in [2.24, 2.45) is 5.10 Å². The maximum absolute atomic E-state index is 12.3. The second kappa shape index (κ2) is 9.68. The van der Waals surface area contributed by atoms with Gasteiger partial charge in [0, 0.05) is 16.8 Å². The number of nitrogens with zero attached hydrogens (tertiary/aromatic N) is 1. The van der Waals surface area contributed by atoms with Gasteiger partial charge in [0.25, 0.3) is 5.91 Å². The second-order valence-electron chi connectivity index (χ2n) is 7.12. The number of carbonyl (C=O) groups excluding carboxylic acids is 1. The van der Waals surface area contributed by atoms with Crippen LogP contribution in [0.4, 0.5) is 0 Å². The lowest BCUT2D eigenvalue weighted by molar-refractivity contribution is -0.921. The quantitative estimate of drug-likeness (QED) is 0.820. The Morgan fingerprint density at radius 3 is 2.32 bits per heavy atom. The van der Waals surface area contributed by atoms with Crippen LogP contribution in [0.1, 0.15) is 60.9 Å². The lowest BCUT2D eigenvalue weighted by Crippen LogP contribution is -3.12. The summed E-state index contributed by atoms with van der Waals surface area (Å²) in [5.41, 5.74) is 5.82. The van der Waals surface area contributed by atoms with Gasteiger partial charge in [-0.05, 0) is 37.8 Å². The number of amides is 1. The number of nitrogens with one attached hydrogen (secondary N) is 2. The molecule has 25 heavy (non-hydrogen) atoms. The molecule has 1 aliphatic carbocycles. The molecule has 1 amide bonds. The Kier molecular flexibility index (Phi) is 7.00. The monoisotopic (exact) mass is 344 g/mol. The molecule has 1 aromatic carbocycles. The van der Waals surface area contributed by atoms with Gasteiger partial charge in [0.2, 0.25) is 0 Å². The number of benzene rings is 1. The molecule has 0 atom stereocenters. The molecule has 2 N–H and O–H groups in total. The van der Waals surface area contributed by atoms with Crippen molar-refractivity contribution in [1.82, 2.24) is 5.43 Å². The van der Waals surface area contributed by atoms with Crippen LogP contribution in [0.15, 0.2) is 29.4 Å². The van der Waals surface area contributed by atoms with Gasteiger partial charge in [0.15, 0.2) is 0 Å². The SMILES string of the molecule is O=C(NN=C1CCCCCCC1)c1ccc(C[NH+]2CCOCC2)cc1. The van der Waals surface area contributed by atoms with Gasteiger partial charge < -0.3 is 9.64 Å². The maximum Gasteiger partial charge on any atom is 0.271 e. The van der Waals surface area contributed by atoms with Crippen LogP contribution in [0.3, 0.4) is 0 Å². The van der Waals surface area contributed by atoms with Crippen molar-refractivity contribution in [1.29, 1.82) is 0 Å². The first-order chi connectivity index (χ1) is 12.3. The van der Waals surface area contributed by atoms with E-state index < -0.39 is 0 Å². The fourth-order valence-corrected chi connectivity index (χ4v) is 3.52. The molecule has 0 bridgehead atoms. The molecule has 0 unspecified atom stereocenters. The molecule has 0 radical (unpaired) electrons. The molecule has 0 spiro atoms. The molecule has 2 fully saturated rings. The molecule has 1 saturated carbocycles. The minimum atomic E-state index is -0.111. The number of ether oxygens (including phenoxy) is 1. The Morgan fingerprint density at radius 2 is 1.64 bits per heavy atom. The zero-order valence-corrected chi connectivity index (χ0v) is 15.1. The van der Waals surface area contributed by atoms with Gasteiger partial charge >= 0.3 is 0 Å². The third-order valence-corrected chi connectivity index (χ3v) is 5.12. The van der Waals surface area contributed by atoms with Gasteiger partial charge in [0.05, 0.1) is 13.2 Å². The number of quaternary nitrogens is 1. The predicted molar refractivity (Wildman–Crippen MR) is 98.9 cm³/mol. The summed E-state index contributed by atoms with van der Waals surface area (Å²) in [4.78, 5) is 13.8. The lowest BCUT2D eigenvalue weighted by atomic mass is 9.99. The maximum atomic E-state index is 12.3. The van der Waals surface area contributed by atoms with Gasteiger partial charge in [-0.25, -0.2) is 5.43 Å². The van der Waals surface area contributed by atoms with Crippen LogP contribution in [0.2, 0.25) is 0 Å². The largest absolute Gasteiger partial charge is 0.370 e. The number of hydrazone groups is 1. The molecule has 1 heterocycles. The van der Waals surface area contributed by atoms with Crippen molar-refractivity contribution in [2.45, 2.75) is 51.5 Å². The molecule has 1 saturated heterocycles. The Hall–Kier alpha value is -1.72. The summed E-state index contributed by atoms with van der Waals surface area (Å²) in [7, 11) is 0. The zero-order chi connectivity index (χ0) is 17.3. The minimum Gasteiger partial charge on any atom is -0.370 e. The highest BCUT2D eigenvalue weighted by atomic mass is 16.5. The van der Waals surface area contributed by atoms with Crippen LogP contribution in [0, 0.1) is 0 Å². The van der Waals surface area contributed by atoms with Crippen LogP contribution in [0.5, 0.6) is 0 Å². The molecule has 3 rings (SSSR count). The fourth-order valence-electron chi connectivity index (χ4n) is 3.52. The molecular formula is C20H30N3O2+. The highest BCUT2D eigenvalue weighted by Gasteiger charge is 2.14. The topological polar surface area (TPSA) is 55.1 Å². The second-order valence-corrected chi connectivity index (χ2v) is 7.12. The standard InChI is InChI=1S/C20H29N3O2/c24-20(22-21-19-6-4-2-1-3-5-7-19)18-10-8-17(9-11-18)16-23-12-14-25-15-13-23/h8-11H,1-7,12-16H2,(H,22,24)/p+1. The molecule has 5 nitrogen and oxygen atoms in total. The molecule has 0 aromatic heterocycles. The number of hydrogen-bond acceptors (Lipinski definition) is 3. The summed E-state index contributed by atoms with van der Waals surface area (Å²) in [6.45, 7) is 4.79. The van der Waals surface area contributed by atoms with Crippen molar-refractivity contribution in [3.8, 4) is 0 Å². The average molecular weight is 344 g/mol. The van der Waals surface area contributed by atoms with E-state index in [0.29, 0.717) is 5.56 Å². The van der Waals surface area contributed by atoms with Crippen molar-refractivity contribution in [2.75, 3.05) is 26.3 Å². The molecule has 1 aromatic rings. The van der Waals surface area contributed by atoms with E-state index in [1.54, 1.807) is 4.90 Å². The molecule has 136 valence electrons. The van der Waals surface area contributed by atoms with Crippen molar-refractivity contribution < 1.29 is 14.4 Å². The minimum absolute atomic E-state index is 0.111. The fraction of sp³-hybridized carbons (Fsp3) is 0.600. The molecule has 2 aliphatic rings. The third-order valence-electron chi connectivity index (χ3n) is 5.12. The van der Waals surface area contributed by atoms with E-state index in [-0.39, 0.29) is 5.91 Å². The Labute approximate surface area is 150 Å². The highest BCUT2D eigenvalue weighted by molar-refractivity contribution is 5.95. The molecular weight excluding hydrogens is 314 g/mol. The summed E-state index contributed by atoms with van der Waals surface area (Å²) in [6, 6.07) is 7.92. The van der Waals surface area contributed by atoms with E-state index in [0.717, 1.165) is 51.4 Å². The smallest absolute Gasteiger partial charge is 0.271 e. The first-order valence-electron chi connectivity index (χ1n) is 9.67. The average Bonchev–Trinajstić information content (AvgIpc) is 2.62. The van der Waals surface area contributed by atoms with Crippen LogP contribution in [-0.2, 0) is 11.3 Å². The van der Waals surface area contributed by atoms with Gasteiger partial charge in [0.1, 0.15) is 19.6 Å². The number of hydrogen-bond donors (Lipinski definition) is 2. The van der Waals surface area contributed by atoms with Crippen molar-refractivity contribution in [3.63, 3.8) is 0 Å². The highest BCUT2D eigenvalue weighted by Crippen LogP contribution is 2.14. The Balaban J connectivity index is 1.51. The van der Waals surface area contributed by atoms with Gasteiger partial charge in [-0.3, -0.25) is 4.79 Å². The predicted octanol–water partition coefficient (Wildman–Crippen LogP) is 1.93. The van der Waals surface area contributed by atoms with Gasteiger partial charge in [-0.2, -0.15) is 5.10 Å². The van der Waals surface area contributed by atoms with Crippen LogP contribution in [-0.4, -0.2) is 37.9 Å². The van der Waals surface area contributed by atoms with Gasteiger partial charge in [-0.15, -0.1) is 0 Å². The summed E-state index contributed by atoms with van der Waals surface area (Å²) in [5, 5.41) is 4.38. The van der Waals surface area contributed by atoms with Crippen molar-refractivity contribution >= 4 is 11.6 Å². The third kappa shape index (κ3) is 5.94. The molecule has 5 heteroatoms. The van der Waals surface area contributed by atoms with Crippen LogP contribution >= 0.6 is 0 Å². The normalized spacial score (nSPS) is 19.8. The summed E-state index contributed by atoms with van der Waals surface area (Å²) >= 11 is 0. The first kappa shape index (κ1) is 18.1. The van der Waals surface area contributed by atoms with E-state index in [4.69, 9.17) is 4.74 Å². The Morgan fingerprint density at radius 1 is 1.00 bits per heavy atom. The van der Waals surface area contributed by atoms with E-state index >= 15 is 0 Å². The summed E-state index contributed by atoms with van der Waals surface area (Å²) < 4.78 is 5.39. The van der Waals surface area contributed by atoms with E-state index in [9.17, 15) is 4.79 Å². The van der Waals surface area contributed by atoms with Gasteiger partial charge in [-0.1, -0.05) is 31.4 Å². The van der Waals surface area contributed by atoms with E-state index in [1.807, 2.05) is 12.1 Å². The number of rotatable bonds is 4. The summed E-state index contributed by atoms with van der Waals surface area (Å²) in [6.07, 6.45) is 8.29. The summed E-state index contributed by atoms with van der Waals surface area (Å²) in [5.74, 6) is -0.111. The van der Waals surface area contributed by atoms with E-state index in [1.165, 1.54) is 37.7 Å². The van der Waals surface area contributed by atoms with Crippen molar-refractivity contribution in [3.05, 3.63) is 35.4 Å². The van der Waals surface area contributed by atoms with Crippen LogP contribution in [0.25, 0.3) is 0 Å². The van der Waals surface area contributed by atoms with E-state index in [2.05, 4.69) is 22.7 Å². The number of morpholine rings is 1. The lowest BCUT2D eigenvalue weighted by Gasteiger charge is -2.23. The first-order valence-corrected chi connectivity index (χ1v) is 9.67.